The van der Waals surface area contributed by atoms with Gasteiger partial charge in [-0.2, -0.15) is 8.78 Å². The predicted molar refractivity (Wildman–Crippen MR) is 160 cm³/mol. The largest absolute Gasteiger partial charge is 0.485 e. The first kappa shape index (κ1) is 37.2. The molecular formula is C32H39F4N3O8. The second kappa shape index (κ2) is 16.0. The number of halogens is 4. The van der Waals surface area contributed by atoms with Crippen LogP contribution in [0.15, 0.2) is 30.3 Å². The van der Waals surface area contributed by atoms with E-state index < -0.39 is 84.0 Å². The summed E-state index contributed by atoms with van der Waals surface area (Å²) < 4.78 is 70.8. The Morgan fingerprint density at radius 2 is 1.68 bits per heavy atom. The first-order valence-corrected chi connectivity index (χ1v) is 14.9. The number of nitrogens with zero attached hydrogens (tertiary/aromatic N) is 1. The monoisotopic (exact) mass is 669 g/mol. The molecule has 11 nitrogen and oxygen atoms in total. The molecular weight excluding hydrogens is 630 g/mol. The third-order valence-electron chi connectivity index (χ3n) is 7.05. The summed E-state index contributed by atoms with van der Waals surface area (Å²) in [5, 5.41) is 15.8. The number of benzene rings is 2. The number of anilines is 1. The molecule has 1 aliphatic rings. The summed E-state index contributed by atoms with van der Waals surface area (Å²) >= 11 is 0. The summed E-state index contributed by atoms with van der Waals surface area (Å²) in [6.45, 7) is 7.87. The number of esters is 1. The minimum Gasteiger partial charge on any atom is -0.485 e. The standard InChI is InChI=1S/C32H39F4N3O8/c1-17(2)15-46-25(41)13-22(23(40)16-47-28-26(35)19(33)12-20(34)27(28)36)38-29(42)24-14-39(10-11-45-24)31(44)30(43)37-21-9-7-6-8-18(21)32(3,4)5/h6-9,12,17,22-24,40H,10-11,13-16H2,1-5H3,(H,37,43)(H,38,42)/t22-,23?,24?/m0/s1. The molecule has 3 N–H and O–H groups in total. The molecule has 0 aliphatic carbocycles. The summed E-state index contributed by atoms with van der Waals surface area (Å²) in [5.74, 6) is -12.3. The number of aliphatic hydroxyl groups is 1. The molecule has 2 unspecified atom stereocenters. The van der Waals surface area contributed by atoms with Crippen LogP contribution in [0.25, 0.3) is 0 Å². The highest BCUT2D eigenvalue weighted by atomic mass is 19.2. The fourth-order valence-electron chi connectivity index (χ4n) is 4.58. The Balaban J connectivity index is 1.71. The molecule has 47 heavy (non-hydrogen) atoms. The maximum absolute atomic E-state index is 14.1. The molecule has 1 saturated heterocycles. The van der Waals surface area contributed by atoms with Gasteiger partial charge >= 0.3 is 17.8 Å². The molecule has 3 amide bonds. The molecule has 0 aromatic heterocycles. The lowest BCUT2D eigenvalue weighted by Gasteiger charge is -2.33. The molecule has 0 saturated carbocycles. The minimum absolute atomic E-state index is 0.0101. The van der Waals surface area contributed by atoms with Crippen LogP contribution >= 0.6 is 0 Å². The Kier molecular flexibility index (Phi) is 12.7. The zero-order valence-electron chi connectivity index (χ0n) is 26.7. The van der Waals surface area contributed by atoms with Crippen LogP contribution in [0.5, 0.6) is 5.75 Å². The van der Waals surface area contributed by atoms with Crippen molar-refractivity contribution in [1.29, 1.82) is 0 Å². The van der Waals surface area contributed by atoms with Crippen LogP contribution in [0.4, 0.5) is 23.2 Å². The summed E-state index contributed by atoms with van der Waals surface area (Å²) in [6, 6.07) is 5.49. The molecule has 3 atom stereocenters. The van der Waals surface area contributed by atoms with Crippen molar-refractivity contribution in [3.8, 4) is 5.75 Å². The lowest BCUT2D eigenvalue weighted by molar-refractivity contribution is -0.153. The number of hydrogen-bond donors (Lipinski definition) is 3. The molecule has 258 valence electrons. The Hall–Kier alpha value is -4.24. The second-order valence-corrected chi connectivity index (χ2v) is 12.4. The number of ether oxygens (including phenoxy) is 3. The van der Waals surface area contributed by atoms with Gasteiger partial charge in [-0.15, -0.1) is 0 Å². The number of carbonyl (C=O) groups is 4. The van der Waals surface area contributed by atoms with E-state index in [0.29, 0.717) is 5.69 Å². The highest BCUT2D eigenvalue weighted by molar-refractivity contribution is 6.39. The molecule has 2 aromatic rings. The third kappa shape index (κ3) is 10.1. The summed E-state index contributed by atoms with van der Waals surface area (Å²) in [4.78, 5) is 52.8. The van der Waals surface area contributed by atoms with Gasteiger partial charge < -0.3 is 34.9 Å². The van der Waals surface area contributed by atoms with Crippen molar-refractivity contribution < 1.29 is 56.1 Å². The predicted octanol–water partition coefficient (Wildman–Crippen LogP) is 3.22. The van der Waals surface area contributed by atoms with E-state index in [-0.39, 0.29) is 43.7 Å². The fourth-order valence-corrected chi connectivity index (χ4v) is 4.58. The average Bonchev–Trinajstić information content (AvgIpc) is 3.01. The van der Waals surface area contributed by atoms with E-state index in [2.05, 4.69) is 10.6 Å². The Morgan fingerprint density at radius 1 is 1.04 bits per heavy atom. The van der Waals surface area contributed by atoms with Crippen LogP contribution in [0.1, 0.15) is 46.6 Å². The second-order valence-electron chi connectivity index (χ2n) is 12.4. The third-order valence-corrected chi connectivity index (χ3v) is 7.05. The van der Waals surface area contributed by atoms with E-state index in [1.54, 1.807) is 32.0 Å². The summed E-state index contributed by atoms with van der Waals surface area (Å²) in [7, 11) is 0. The highest BCUT2D eigenvalue weighted by Gasteiger charge is 2.35. The van der Waals surface area contributed by atoms with Gasteiger partial charge in [-0.25, -0.2) is 8.78 Å². The zero-order valence-corrected chi connectivity index (χ0v) is 26.7. The molecule has 3 rings (SSSR count). The number of amides is 3. The fraction of sp³-hybridized carbons (Fsp3) is 0.500. The van der Waals surface area contributed by atoms with Crippen molar-refractivity contribution in [2.24, 2.45) is 5.92 Å². The first-order valence-electron chi connectivity index (χ1n) is 14.9. The van der Waals surface area contributed by atoms with Gasteiger partial charge in [-0.1, -0.05) is 52.8 Å². The molecule has 0 radical (unpaired) electrons. The molecule has 1 fully saturated rings. The number of morpholine rings is 1. The smallest absolute Gasteiger partial charge is 0.313 e. The zero-order chi connectivity index (χ0) is 35.1. The lowest BCUT2D eigenvalue weighted by atomic mass is 9.86. The molecule has 15 heteroatoms. The van der Waals surface area contributed by atoms with Crippen LogP contribution in [0, 0.1) is 29.2 Å². The molecule has 1 aliphatic heterocycles. The van der Waals surface area contributed by atoms with E-state index in [4.69, 9.17) is 14.2 Å². The number of aliphatic hydroxyl groups excluding tert-OH is 1. The van der Waals surface area contributed by atoms with E-state index >= 15 is 0 Å². The van der Waals surface area contributed by atoms with Gasteiger partial charge in [0.1, 0.15) is 12.7 Å². The van der Waals surface area contributed by atoms with E-state index in [9.17, 15) is 41.8 Å². The van der Waals surface area contributed by atoms with Crippen molar-refractivity contribution in [2.75, 3.05) is 38.2 Å². The van der Waals surface area contributed by atoms with Crippen molar-refractivity contribution in [2.45, 2.75) is 64.7 Å². The van der Waals surface area contributed by atoms with Gasteiger partial charge in [-0.05, 0) is 23.0 Å². The number of para-hydroxylation sites is 1. The topological polar surface area (TPSA) is 144 Å². The first-order chi connectivity index (χ1) is 22.0. The maximum Gasteiger partial charge on any atom is 0.313 e. The molecule has 0 spiro atoms. The van der Waals surface area contributed by atoms with Gasteiger partial charge in [0, 0.05) is 18.3 Å². The van der Waals surface area contributed by atoms with Gasteiger partial charge in [0.05, 0.1) is 32.2 Å². The minimum atomic E-state index is -1.86. The van der Waals surface area contributed by atoms with E-state index in [1.165, 1.54) is 0 Å². The van der Waals surface area contributed by atoms with Gasteiger partial charge in [0.2, 0.25) is 11.6 Å². The van der Waals surface area contributed by atoms with Crippen molar-refractivity contribution in [3.63, 3.8) is 0 Å². The average molecular weight is 670 g/mol. The Bertz CT molecular complexity index is 1440. The molecule has 1 heterocycles. The van der Waals surface area contributed by atoms with Crippen LogP contribution in [0.3, 0.4) is 0 Å². The highest BCUT2D eigenvalue weighted by Crippen LogP contribution is 2.29. The van der Waals surface area contributed by atoms with E-state index in [0.717, 1.165) is 10.5 Å². The summed E-state index contributed by atoms with van der Waals surface area (Å²) in [5.41, 5.74) is 0.914. The molecule has 0 bridgehead atoms. The quantitative estimate of drug-likeness (QED) is 0.143. The van der Waals surface area contributed by atoms with Crippen LogP contribution in [-0.2, 0) is 34.1 Å². The van der Waals surface area contributed by atoms with E-state index in [1.807, 2.05) is 26.8 Å². The van der Waals surface area contributed by atoms with Gasteiger partial charge in [0.25, 0.3) is 5.91 Å². The van der Waals surface area contributed by atoms with Crippen molar-refractivity contribution in [1.82, 2.24) is 10.2 Å². The summed E-state index contributed by atoms with van der Waals surface area (Å²) in [6.07, 6.45) is -3.85. The van der Waals surface area contributed by atoms with Crippen LogP contribution < -0.4 is 15.4 Å². The van der Waals surface area contributed by atoms with Gasteiger partial charge in [-0.3, -0.25) is 19.2 Å². The van der Waals surface area contributed by atoms with Gasteiger partial charge in [0.15, 0.2) is 23.5 Å². The van der Waals surface area contributed by atoms with Crippen LogP contribution in [0.2, 0.25) is 0 Å². The number of nitrogens with one attached hydrogen (secondary N) is 2. The Labute approximate surface area is 269 Å². The van der Waals surface area contributed by atoms with Crippen LogP contribution in [-0.4, -0.2) is 84.9 Å². The van der Waals surface area contributed by atoms with Crippen molar-refractivity contribution >= 4 is 29.4 Å². The number of carbonyl (C=O) groups excluding carboxylic acids is 4. The molecule has 2 aromatic carbocycles. The van der Waals surface area contributed by atoms with Crippen molar-refractivity contribution in [3.05, 3.63) is 59.2 Å². The maximum atomic E-state index is 14.1. The Morgan fingerprint density at radius 3 is 2.30 bits per heavy atom. The number of rotatable bonds is 11. The lowest BCUT2D eigenvalue weighted by Crippen LogP contribution is -2.57. The number of hydrogen-bond acceptors (Lipinski definition) is 8. The SMILES string of the molecule is CC(C)COC(=O)C[C@H](NC(=O)C1CN(C(=O)C(=O)Nc2ccccc2C(C)(C)C)CCO1)C(O)COc1c(F)c(F)cc(F)c1F. The normalized spacial score (nSPS) is 16.3.